The number of aromatic amines is 1. The summed E-state index contributed by atoms with van der Waals surface area (Å²) < 4.78 is 5.37. The molecule has 0 spiro atoms. The van der Waals surface area contributed by atoms with E-state index >= 15 is 0 Å². The highest BCUT2D eigenvalue weighted by Gasteiger charge is 2.14. The molecule has 32 heavy (non-hydrogen) atoms. The van der Waals surface area contributed by atoms with E-state index in [0.29, 0.717) is 22.0 Å². The van der Waals surface area contributed by atoms with Gasteiger partial charge in [0.2, 0.25) is 5.95 Å². The van der Waals surface area contributed by atoms with E-state index in [1.165, 1.54) is 0 Å². The standard InChI is InChI=1S/C23H23ClN6O2/c24-17-3-7-19(8-4-17)27-23-28-21(20(15-25)22(31)29-23)16-1-5-18(6-2-16)26-9-10-30-11-13-32-14-12-30/h1-8,26H,9-14H2,(H2,27,28,29,31). The maximum absolute atomic E-state index is 12.5. The minimum absolute atomic E-state index is 0.0281. The molecule has 1 saturated heterocycles. The van der Waals surface area contributed by atoms with Crippen molar-refractivity contribution < 1.29 is 4.74 Å². The summed E-state index contributed by atoms with van der Waals surface area (Å²) in [5.41, 5.74) is 2.16. The molecule has 0 atom stereocenters. The van der Waals surface area contributed by atoms with E-state index in [1.54, 1.807) is 24.3 Å². The molecule has 0 aliphatic carbocycles. The van der Waals surface area contributed by atoms with Gasteiger partial charge in [0.25, 0.3) is 5.56 Å². The van der Waals surface area contributed by atoms with Crippen molar-refractivity contribution in [3.63, 3.8) is 0 Å². The molecule has 1 aromatic heterocycles. The highest BCUT2D eigenvalue weighted by molar-refractivity contribution is 6.30. The molecule has 2 heterocycles. The van der Waals surface area contributed by atoms with Crippen LogP contribution in [0.5, 0.6) is 0 Å². The number of nitrogens with zero attached hydrogens (tertiary/aromatic N) is 3. The van der Waals surface area contributed by atoms with Gasteiger partial charge in [0, 0.05) is 48.1 Å². The molecular weight excluding hydrogens is 428 g/mol. The number of rotatable bonds is 7. The second-order valence-electron chi connectivity index (χ2n) is 7.34. The molecule has 164 valence electrons. The number of morpholine rings is 1. The van der Waals surface area contributed by atoms with Gasteiger partial charge in [-0.05, 0) is 36.4 Å². The van der Waals surface area contributed by atoms with E-state index < -0.39 is 5.56 Å². The molecule has 1 aliphatic heterocycles. The monoisotopic (exact) mass is 450 g/mol. The Labute approximate surface area is 190 Å². The SMILES string of the molecule is N#Cc1c(-c2ccc(NCCN3CCOCC3)cc2)nc(Nc2ccc(Cl)cc2)[nH]c1=O. The maximum atomic E-state index is 12.5. The van der Waals surface area contributed by atoms with Gasteiger partial charge in [-0.3, -0.25) is 14.7 Å². The third-order valence-corrected chi connectivity index (χ3v) is 5.41. The number of hydrogen-bond acceptors (Lipinski definition) is 7. The fraction of sp³-hybridized carbons (Fsp3) is 0.261. The lowest BCUT2D eigenvalue weighted by Gasteiger charge is -2.26. The molecule has 0 bridgehead atoms. The molecule has 9 heteroatoms. The Bertz CT molecular complexity index is 1150. The normalized spacial score (nSPS) is 14.0. The van der Waals surface area contributed by atoms with Crippen molar-refractivity contribution in [3.8, 4) is 17.3 Å². The molecule has 2 aromatic carbocycles. The Morgan fingerprint density at radius 1 is 1.09 bits per heavy atom. The molecule has 0 radical (unpaired) electrons. The molecule has 0 unspecified atom stereocenters. The third-order valence-electron chi connectivity index (χ3n) is 5.16. The summed E-state index contributed by atoms with van der Waals surface area (Å²) in [5.74, 6) is 0.249. The lowest BCUT2D eigenvalue weighted by atomic mass is 10.1. The van der Waals surface area contributed by atoms with Crippen LogP contribution in [-0.4, -0.2) is 54.3 Å². The van der Waals surface area contributed by atoms with Crippen molar-refractivity contribution in [3.05, 3.63) is 69.5 Å². The van der Waals surface area contributed by atoms with Crippen LogP contribution >= 0.6 is 11.6 Å². The van der Waals surface area contributed by atoms with E-state index in [2.05, 4.69) is 25.5 Å². The highest BCUT2D eigenvalue weighted by Crippen LogP contribution is 2.23. The molecule has 1 fully saturated rings. The summed E-state index contributed by atoms with van der Waals surface area (Å²) in [7, 11) is 0. The van der Waals surface area contributed by atoms with Crippen LogP contribution in [0.15, 0.2) is 53.3 Å². The maximum Gasteiger partial charge on any atom is 0.270 e. The average Bonchev–Trinajstić information content (AvgIpc) is 2.81. The van der Waals surface area contributed by atoms with Gasteiger partial charge in [-0.25, -0.2) is 4.98 Å². The quantitative estimate of drug-likeness (QED) is 0.506. The predicted octanol–water partition coefficient (Wildman–Crippen LogP) is 3.45. The highest BCUT2D eigenvalue weighted by atomic mass is 35.5. The van der Waals surface area contributed by atoms with Gasteiger partial charge in [-0.1, -0.05) is 23.7 Å². The van der Waals surface area contributed by atoms with Crippen molar-refractivity contribution in [2.45, 2.75) is 0 Å². The van der Waals surface area contributed by atoms with E-state index in [0.717, 1.165) is 45.1 Å². The number of benzene rings is 2. The number of aromatic nitrogens is 2. The zero-order valence-electron chi connectivity index (χ0n) is 17.4. The number of halogens is 1. The number of H-pyrrole nitrogens is 1. The number of hydrogen-bond donors (Lipinski definition) is 3. The summed E-state index contributed by atoms with van der Waals surface area (Å²) in [6.07, 6.45) is 0. The zero-order valence-corrected chi connectivity index (χ0v) is 18.2. The summed E-state index contributed by atoms with van der Waals surface area (Å²) in [4.78, 5) is 21.9. The van der Waals surface area contributed by atoms with E-state index in [-0.39, 0.29) is 11.5 Å². The van der Waals surface area contributed by atoms with E-state index in [1.807, 2.05) is 30.3 Å². The molecule has 0 saturated carbocycles. The fourth-order valence-corrected chi connectivity index (χ4v) is 3.57. The van der Waals surface area contributed by atoms with Crippen LogP contribution < -0.4 is 16.2 Å². The largest absolute Gasteiger partial charge is 0.384 e. The first-order chi connectivity index (χ1) is 15.6. The molecule has 3 N–H and O–H groups in total. The predicted molar refractivity (Wildman–Crippen MR) is 125 cm³/mol. The number of nitriles is 1. The van der Waals surface area contributed by atoms with Crippen LogP contribution in [0.25, 0.3) is 11.3 Å². The summed E-state index contributed by atoms with van der Waals surface area (Å²) in [6, 6.07) is 16.5. The van der Waals surface area contributed by atoms with Crippen molar-refractivity contribution in [1.29, 1.82) is 5.26 Å². The van der Waals surface area contributed by atoms with Gasteiger partial charge in [-0.15, -0.1) is 0 Å². The first-order valence-electron chi connectivity index (χ1n) is 10.3. The number of ether oxygens (including phenoxy) is 1. The van der Waals surface area contributed by atoms with Crippen molar-refractivity contribution in [2.24, 2.45) is 0 Å². The second-order valence-corrected chi connectivity index (χ2v) is 7.78. The lowest BCUT2D eigenvalue weighted by Crippen LogP contribution is -2.38. The van der Waals surface area contributed by atoms with Gasteiger partial charge in [0.1, 0.15) is 11.6 Å². The van der Waals surface area contributed by atoms with Crippen molar-refractivity contribution in [1.82, 2.24) is 14.9 Å². The van der Waals surface area contributed by atoms with Gasteiger partial charge in [0.05, 0.1) is 18.9 Å². The Morgan fingerprint density at radius 2 is 1.78 bits per heavy atom. The first-order valence-corrected chi connectivity index (χ1v) is 10.7. The minimum atomic E-state index is -0.498. The lowest BCUT2D eigenvalue weighted by molar-refractivity contribution is 0.0398. The molecule has 3 aromatic rings. The Morgan fingerprint density at radius 3 is 2.47 bits per heavy atom. The summed E-state index contributed by atoms with van der Waals surface area (Å²) in [6.45, 7) is 5.25. The van der Waals surface area contributed by atoms with Crippen LogP contribution in [-0.2, 0) is 4.74 Å². The summed E-state index contributed by atoms with van der Waals surface area (Å²) in [5, 5.41) is 16.5. The zero-order chi connectivity index (χ0) is 22.3. The van der Waals surface area contributed by atoms with Crippen molar-refractivity contribution >= 4 is 28.9 Å². The fourth-order valence-electron chi connectivity index (χ4n) is 3.44. The average molecular weight is 451 g/mol. The van der Waals surface area contributed by atoms with Crippen molar-refractivity contribution in [2.75, 3.05) is 50.0 Å². The molecular formula is C23H23ClN6O2. The molecule has 8 nitrogen and oxygen atoms in total. The van der Waals surface area contributed by atoms with Crippen LogP contribution in [0.2, 0.25) is 5.02 Å². The molecule has 1 aliphatic rings. The van der Waals surface area contributed by atoms with Crippen LogP contribution in [0, 0.1) is 11.3 Å². The number of nitrogens with one attached hydrogen (secondary N) is 3. The topological polar surface area (TPSA) is 106 Å². The van der Waals surface area contributed by atoms with E-state index in [4.69, 9.17) is 16.3 Å². The van der Waals surface area contributed by atoms with Crippen LogP contribution in [0.3, 0.4) is 0 Å². The third kappa shape index (κ3) is 5.45. The second kappa shape index (κ2) is 10.3. The minimum Gasteiger partial charge on any atom is -0.384 e. The Balaban J connectivity index is 1.48. The van der Waals surface area contributed by atoms with Gasteiger partial charge < -0.3 is 15.4 Å². The smallest absolute Gasteiger partial charge is 0.270 e. The first kappa shape index (κ1) is 21.8. The van der Waals surface area contributed by atoms with E-state index in [9.17, 15) is 10.1 Å². The molecule has 4 rings (SSSR count). The van der Waals surface area contributed by atoms with Gasteiger partial charge in [-0.2, -0.15) is 5.26 Å². The number of anilines is 3. The van der Waals surface area contributed by atoms with Gasteiger partial charge >= 0.3 is 0 Å². The van der Waals surface area contributed by atoms with Crippen LogP contribution in [0.1, 0.15) is 5.56 Å². The Hall–Kier alpha value is -3.38. The van der Waals surface area contributed by atoms with Gasteiger partial charge in [0.15, 0.2) is 0 Å². The Kier molecular flexibility index (Phi) is 7.02. The molecule has 0 amide bonds. The summed E-state index contributed by atoms with van der Waals surface area (Å²) >= 11 is 5.92. The van der Waals surface area contributed by atoms with Crippen LogP contribution in [0.4, 0.5) is 17.3 Å².